The van der Waals surface area contributed by atoms with Crippen molar-refractivity contribution in [1.29, 1.82) is 0 Å². The normalized spacial score (nSPS) is 14.5. The molecule has 1 atom stereocenters. The Labute approximate surface area is 330 Å². The molecule has 0 amide bonds. The van der Waals surface area contributed by atoms with Crippen molar-refractivity contribution in [3.05, 3.63) is 200 Å². The molecule has 0 spiro atoms. The van der Waals surface area contributed by atoms with Crippen LogP contribution in [0.3, 0.4) is 0 Å². The molecule has 1 unspecified atom stereocenters. The molecule has 3 heterocycles. The number of hydrogen-bond acceptors (Lipinski definition) is 3. The van der Waals surface area contributed by atoms with Crippen molar-refractivity contribution >= 4 is 65.4 Å². The summed E-state index contributed by atoms with van der Waals surface area (Å²) in [5.41, 5.74) is 12.6. The topological polar surface area (TPSA) is 28.2 Å². The first-order chi connectivity index (χ1) is 28.2. The van der Waals surface area contributed by atoms with Gasteiger partial charge in [-0.25, -0.2) is 4.98 Å². The maximum Gasteiger partial charge on any atom is 0.123 e. The van der Waals surface area contributed by atoms with Gasteiger partial charge in [0.1, 0.15) is 6.17 Å². The summed E-state index contributed by atoms with van der Waals surface area (Å²) in [6.07, 6.45) is 8.61. The van der Waals surface area contributed by atoms with E-state index in [0.717, 1.165) is 33.5 Å². The number of benzene rings is 9. The highest BCUT2D eigenvalue weighted by atomic mass is 15.3. The first kappa shape index (κ1) is 31.8. The zero-order valence-electron chi connectivity index (χ0n) is 31.0. The molecule has 0 fully saturated rings. The Morgan fingerprint density at radius 2 is 0.965 bits per heavy atom. The Bertz CT molecular complexity index is 3340. The van der Waals surface area contributed by atoms with Crippen molar-refractivity contribution in [2.45, 2.75) is 6.17 Å². The molecule has 0 radical (unpaired) electrons. The third-order valence-electron chi connectivity index (χ3n) is 12.0. The summed E-state index contributed by atoms with van der Waals surface area (Å²) in [5.74, 6) is 0. The molecule has 9 aromatic carbocycles. The van der Waals surface area contributed by atoms with Crippen molar-refractivity contribution in [2.75, 3.05) is 10.2 Å². The second-order valence-electron chi connectivity index (χ2n) is 15.2. The van der Waals surface area contributed by atoms with Crippen LogP contribution in [0.4, 0.5) is 11.4 Å². The summed E-state index contributed by atoms with van der Waals surface area (Å²) in [4.78, 5) is 7.56. The van der Waals surface area contributed by atoms with Gasteiger partial charge in [0.2, 0.25) is 0 Å². The Hall–Kier alpha value is -7.49. The number of aromatic nitrogens is 1. The van der Waals surface area contributed by atoms with Crippen molar-refractivity contribution in [2.24, 2.45) is 0 Å². The van der Waals surface area contributed by atoms with Gasteiger partial charge in [-0.15, -0.1) is 0 Å². The number of anilines is 2. The van der Waals surface area contributed by atoms with E-state index in [-0.39, 0.29) is 6.17 Å². The molecular weight excluding hydrogens is 691 g/mol. The molecule has 1 N–H and O–H groups in total. The predicted molar refractivity (Wildman–Crippen MR) is 242 cm³/mol. The van der Waals surface area contributed by atoms with Crippen LogP contribution in [0, 0.1) is 0 Å². The molecule has 57 heavy (non-hydrogen) atoms. The van der Waals surface area contributed by atoms with Gasteiger partial charge in [0.25, 0.3) is 0 Å². The van der Waals surface area contributed by atoms with Gasteiger partial charge >= 0.3 is 0 Å². The summed E-state index contributed by atoms with van der Waals surface area (Å²) in [7, 11) is 0. The lowest BCUT2D eigenvalue weighted by Crippen LogP contribution is -2.30. The van der Waals surface area contributed by atoms with E-state index in [4.69, 9.17) is 4.98 Å². The fraction of sp³-hybridized carbons (Fsp3) is 0.0185. The Morgan fingerprint density at radius 3 is 1.67 bits per heavy atom. The zero-order chi connectivity index (χ0) is 37.5. The van der Waals surface area contributed by atoms with Crippen LogP contribution in [-0.2, 0) is 0 Å². The van der Waals surface area contributed by atoms with Crippen LogP contribution in [0.5, 0.6) is 0 Å². The Balaban J connectivity index is 1.06. The minimum absolute atomic E-state index is 0.0700. The number of allylic oxidation sites excluding steroid dienone is 2. The summed E-state index contributed by atoms with van der Waals surface area (Å²) in [6, 6.07) is 64.5. The predicted octanol–water partition coefficient (Wildman–Crippen LogP) is 14.2. The largest absolute Gasteiger partial charge is 0.359 e. The van der Waals surface area contributed by atoms with Crippen LogP contribution < -0.4 is 10.2 Å². The van der Waals surface area contributed by atoms with Crippen molar-refractivity contribution in [1.82, 2.24) is 4.98 Å². The summed E-state index contributed by atoms with van der Waals surface area (Å²) >= 11 is 0. The maximum atomic E-state index is 5.26. The van der Waals surface area contributed by atoms with E-state index in [1.165, 1.54) is 76.5 Å². The van der Waals surface area contributed by atoms with Gasteiger partial charge in [0.05, 0.1) is 22.6 Å². The number of pyridine rings is 1. The molecule has 0 aliphatic carbocycles. The highest BCUT2D eigenvalue weighted by Gasteiger charge is 2.32. The molecule has 266 valence electrons. The van der Waals surface area contributed by atoms with E-state index >= 15 is 0 Å². The number of rotatable bonds is 4. The third kappa shape index (κ3) is 5.02. The summed E-state index contributed by atoms with van der Waals surface area (Å²) < 4.78 is 0. The monoisotopic (exact) mass is 725 g/mol. The van der Waals surface area contributed by atoms with Crippen LogP contribution in [0.1, 0.15) is 0 Å². The molecule has 3 heteroatoms. The molecular formula is C54H35N3. The Kier molecular flexibility index (Phi) is 6.99. The minimum atomic E-state index is 0.0700. The fourth-order valence-electron chi connectivity index (χ4n) is 9.27. The number of para-hydroxylation sites is 1. The number of nitrogens with one attached hydrogen (secondary N) is 1. The Morgan fingerprint density at radius 1 is 0.421 bits per heavy atom. The molecule has 10 aromatic rings. The van der Waals surface area contributed by atoms with Gasteiger partial charge in [-0.1, -0.05) is 158 Å². The number of nitrogens with zero attached hydrogens (tertiary/aromatic N) is 2. The quantitative estimate of drug-likeness (QED) is 0.183. The molecule has 12 rings (SSSR count). The first-order valence-corrected chi connectivity index (χ1v) is 19.7. The lowest BCUT2D eigenvalue weighted by atomic mass is 9.84. The van der Waals surface area contributed by atoms with Crippen LogP contribution in [0.15, 0.2) is 200 Å². The lowest BCUT2D eigenvalue weighted by molar-refractivity contribution is 0.907. The smallest absolute Gasteiger partial charge is 0.123 e. The van der Waals surface area contributed by atoms with E-state index in [1.807, 2.05) is 0 Å². The van der Waals surface area contributed by atoms with Gasteiger partial charge in [0, 0.05) is 17.1 Å². The highest BCUT2D eigenvalue weighted by molar-refractivity contribution is 6.22. The molecule has 0 saturated carbocycles. The molecule has 2 aliphatic heterocycles. The average Bonchev–Trinajstić information content (AvgIpc) is 3.68. The van der Waals surface area contributed by atoms with Gasteiger partial charge < -0.3 is 10.2 Å². The second kappa shape index (κ2) is 12.5. The van der Waals surface area contributed by atoms with Crippen LogP contribution >= 0.6 is 0 Å². The summed E-state index contributed by atoms with van der Waals surface area (Å²) in [5, 5.41) is 14.9. The van der Waals surface area contributed by atoms with E-state index in [1.54, 1.807) is 0 Å². The number of fused-ring (bicyclic) bond motifs is 9. The summed E-state index contributed by atoms with van der Waals surface area (Å²) in [6.45, 7) is 0. The van der Waals surface area contributed by atoms with Crippen LogP contribution in [0.2, 0.25) is 0 Å². The second-order valence-corrected chi connectivity index (χ2v) is 15.2. The van der Waals surface area contributed by atoms with E-state index in [2.05, 4.69) is 211 Å². The molecule has 1 aromatic heterocycles. The maximum absolute atomic E-state index is 5.26. The molecule has 0 saturated heterocycles. The third-order valence-corrected chi connectivity index (χ3v) is 12.0. The standard InChI is InChI=1S/C54H35N3/c1-3-13-38-31-41(26-22-34(38)11-1)50-43-15-5-6-16-44(43)51(42-27-23-35-12-2-4-14-39(35)32-42)47-33-40(28-29-45(47)50)36-20-24-37(25-21-36)52-54-53(46-17-7-8-18-48(46)55-52)56-49-19-9-10-30-57(49)54/h1-33,49,56H. The molecule has 3 nitrogen and oxygen atoms in total. The van der Waals surface area contributed by atoms with E-state index in [0.29, 0.717) is 0 Å². The first-order valence-electron chi connectivity index (χ1n) is 19.7. The van der Waals surface area contributed by atoms with Crippen LogP contribution in [-0.4, -0.2) is 11.1 Å². The number of hydrogen-bond donors (Lipinski definition) is 1. The minimum Gasteiger partial charge on any atom is -0.359 e. The highest BCUT2D eigenvalue weighted by Crippen LogP contribution is 2.48. The van der Waals surface area contributed by atoms with Gasteiger partial charge in [-0.2, -0.15) is 0 Å². The van der Waals surface area contributed by atoms with Gasteiger partial charge in [0.15, 0.2) is 0 Å². The van der Waals surface area contributed by atoms with Crippen molar-refractivity contribution < 1.29 is 0 Å². The van der Waals surface area contributed by atoms with Crippen molar-refractivity contribution in [3.8, 4) is 44.6 Å². The van der Waals surface area contributed by atoms with E-state index < -0.39 is 0 Å². The van der Waals surface area contributed by atoms with E-state index in [9.17, 15) is 0 Å². The van der Waals surface area contributed by atoms with Crippen molar-refractivity contribution in [3.63, 3.8) is 0 Å². The van der Waals surface area contributed by atoms with Gasteiger partial charge in [-0.3, -0.25) is 0 Å². The molecule has 0 bridgehead atoms. The SMILES string of the molecule is C1=CC2Nc3c(c(-c4ccc(-c5ccc6c(-c7ccc8ccccc8c7)c7ccccc7c(-c7ccc8ccccc8c7)c6c5)cc4)nc4ccccc34)N2C=C1. The zero-order valence-corrected chi connectivity index (χ0v) is 31.0. The molecule has 2 aliphatic rings. The van der Waals surface area contributed by atoms with Gasteiger partial charge in [-0.05, 0) is 113 Å². The average molecular weight is 726 g/mol. The van der Waals surface area contributed by atoms with Crippen LogP contribution in [0.25, 0.3) is 98.6 Å². The fourth-order valence-corrected chi connectivity index (χ4v) is 9.27. The lowest BCUT2D eigenvalue weighted by Gasteiger charge is -2.23.